The topological polar surface area (TPSA) is 77.2 Å². The maximum Gasteiger partial charge on any atom is 0.358 e. The Bertz CT molecular complexity index is 317. The first-order chi connectivity index (χ1) is 6.27. The highest BCUT2D eigenvalue weighted by Gasteiger charge is 2.20. The molecule has 1 atom stereocenters. The van der Waals surface area contributed by atoms with Crippen LogP contribution in [-0.4, -0.2) is 39.3 Å². The van der Waals surface area contributed by atoms with Crippen LogP contribution in [0.4, 0.5) is 0 Å². The molecule has 1 aliphatic rings. The molecule has 0 radical (unpaired) electrons. The molecular formula is C7H9N3O3. The minimum Gasteiger partial charge on any atom is -0.476 e. The van der Waals surface area contributed by atoms with Gasteiger partial charge in [-0.3, -0.25) is 0 Å². The highest BCUT2D eigenvalue weighted by Crippen LogP contribution is 2.17. The van der Waals surface area contributed by atoms with E-state index in [1.165, 1.54) is 6.20 Å². The molecule has 0 unspecified atom stereocenters. The Balaban J connectivity index is 2.16. The third kappa shape index (κ3) is 1.52. The molecule has 1 saturated heterocycles. The van der Waals surface area contributed by atoms with Gasteiger partial charge in [-0.05, 0) is 6.42 Å². The first-order valence-electron chi connectivity index (χ1n) is 4.00. The molecule has 2 heterocycles. The summed E-state index contributed by atoms with van der Waals surface area (Å²) in [6.45, 7) is 1.29. The number of aromatic nitrogens is 3. The normalized spacial score (nSPS) is 22.0. The van der Waals surface area contributed by atoms with Gasteiger partial charge in [0.25, 0.3) is 0 Å². The smallest absolute Gasteiger partial charge is 0.358 e. The van der Waals surface area contributed by atoms with Crippen LogP contribution in [0.1, 0.15) is 23.0 Å². The Morgan fingerprint density at radius 1 is 1.77 bits per heavy atom. The molecule has 1 aromatic heterocycles. The lowest BCUT2D eigenvalue weighted by molar-refractivity contribution is 0.0690. The van der Waals surface area contributed by atoms with Crippen LogP contribution in [0.5, 0.6) is 0 Å². The van der Waals surface area contributed by atoms with Crippen molar-refractivity contribution in [2.24, 2.45) is 0 Å². The van der Waals surface area contributed by atoms with Gasteiger partial charge in [-0.1, -0.05) is 5.21 Å². The van der Waals surface area contributed by atoms with Crippen LogP contribution in [-0.2, 0) is 4.74 Å². The number of carbonyl (C=O) groups is 1. The fraction of sp³-hybridized carbons (Fsp3) is 0.571. The van der Waals surface area contributed by atoms with Crippen molar-refractivity contribution in [1.82, 2.24) is 15.0 Å². The van der Waals surface area contributed by atoms with Gasteiger partial charge in [0.2, 0.25) is 0 Å². The second kappa shape index (κ2) is 3.14. The molecule has 70 valence electrons. The predicted molar refractivity (Wildman–Crippen MR) is 41.5 cm³/mol. The summed E-state index contributed by atoms with van der Waals surface area (Å²) in [5.74, 6) is -1.05. The summed E-state index contributed by atoms with van der Waals surface area (Å²) in [4.78, 5) is 10.5. The third-order valence-corrected chi connectivity index (χ3v) is 2.01. The van der Waals surface area contributed by atoms with Gasteiger partial charge >= 0.3 is 5.97 Å². The van der Waals surface area contributed by atoms with Crippen molar-refractivity contribution in [2.45, 2.75) is 12.5 Å². The summed E-state index contributed by atoms with van der Waals surface area (Å²) in [5, 5.41) is 15.8. The van der Waals surface area contributed by atoms with E-state index in [-0.39, 0.29) is 11.7 Å². The van der Waals surface area contributed by atoms with Crippen LogP contribution in [0, 0.1) is 0 Å². The Hall–Kier alpha value is -1.43. The maximum absolute atomic E-state index is 10.5. The molecule has 0 amide bonds. The van der Waals surface area contributed by atoms with Crippen molar-refractivity contribution in [3.8, 4) is 0 Å². The van der Waals surface area contributed by atoms with Gasteiger partial charge < -0.3 is 9.84 Å². The molecule has 1 aliphatic heterocycles. The molecule has 0 bridgehead atoms. The number of aromatic carboxylic acids is 1. The number of rotatable bonds is 2. The lowest BCUT2D eigenvalue weighted by Crippen LogP contribution is -2.09. The second-order valence-corrected chi connectivity index (χ2v) is 2.91. The zero-order valence-electron chi connectivity index (χ0n) is 6.88. The van der Waals surface area contributed by atoms with Crippen molar-refractivity contribution in [1.29, 1.82) is 0 Å². The molecule has 2 rings (SSSR count). The van der Waals surface area contributed by atoms with Gasteiger partial charge in [0.15, 0.2) is 5.69 Å². The van der Waals surface area contributed by atoms with E-state index < -0.39 is 5.97 Å². The number of hydrogen-bond donors (Lipinski definition) is 1. The van der Waals surface area contributed by atoms with E-state index in [1.54, 1.807) is 4.68 Å². The van der Waals surface area contributed by atoms with Gasteiger partial charge in [0.05, 0.1) is 18.8 Å². The van der Waals surface area contributed by atoms with Crippen LogP contribution in [0.25, 0.3) is 0 Å². The highest BCUT2D eigenvalue weighted by atomic mass is 16.5. The van der Waals surface area contributed by atoms with Gasteiger partial charge in [-0.25, -0.2) is 9.48 Å². The maximum atomic E-state index is 10.5. The Labute approximate surface area is 74.1 Å². The van der Waals surface area contributed by atoms with Crippen LogP contribution >= 0.6 is 0 Å². The summed E-state index contributed by atoms with van der Waals surface area (Å²) in [6, 6.07) is 0.139. The molecule has 6 heteroatoms. The Kier molecular flexibility index (Phi) is 1.97. The number of ether oxygens (including phenoxy) is 1. The fourth-order valence-electron chi connectivity index (χ4n) is 1.28. The summed E-state index contributed by atoms with van der Waals surface area (Å²) in [5.41, 5.74) is -0.0214. The van der Waals surface area contributed by atoms with E-state index in [4.69, 9.17) is 9.84 Å². The largest absolute Gasteiger partial charge is 0.476 e. The van der Waals surface area contributed by atoms with Gasteiger partial charge in [0, 0.05) is 6.61 Å². The molecule has 6 nitrogen and oxygen atoms in total. The second-order valence-electron chi connectivity index (χ2n) is 2.91. The molecule has 0 spiro atoms. The molecule has 1 fully saturated rings. The minimum atomic E-state index is -1.05. The first-order valence-corrected chi connectivity index (χ1v) is 4.00. The van der Waals surface area contributed by atoms with Crippen molar-refractivity contribution >= 4 is 5.97 Å². The Morgan fingerprint density at radius 3 is 3.15 bits per heavy atom. The minimum absolute atomic E-state index is 0.0214. The van der Waals surface area contributed by atoms with E-state index in [0.717, 1.165) is 6.42 Å². The first kappa shape index (κ1) is 8.18. The van der Waals surface area contributed by atoms with E-state index in [2.05, 4.69) is 10.3 Å². The third-order valence-electron chi connectivity index (χ3n) is 2.01. The molecule has 0 aromatic carbocycles. The van der Waals surface area contributed by atoms with Gasteiger partial charge in [-0.2, -0.15) is 0 Å². The van der Waals surface area contributed by atoms with Crippen molar-refractivity contribution < 1.29 is 14.6 Å². The monoisotopic (exact) mass is 183 g/mol. The SMILES string of the molecule is O=C(O)c1cn([C@@H]2CCOC2)nn1. The zero-order valence-corrected chi connectivity index (χ0v) is 6.88. The number of carboxylic acid groups (broad SMARTS) is 1. The average Bonchev–Trinajstić information content (AvgIpc) is 2.75. The molecular weight excluding hydrogens is 174 g/mol. The van der Waals surface area contributed by atoms with Crippen molar-refractivity contribution in [3.05, 3.63) is 11.9 Å². The molecule has 0 aliphatic carbocycles. The summed E-state index contributed by atoms with van der Waals surface area (Å²) < 4.78 is 6.70. The van der Waals surface area contributed by atoms with Crippen LogP contribution < -0.4 is 0 Å². The lowest BCUT2D eigenvalue weighted by Gasteiger charge is -2.04. The summed E-state index contributed by atoms with van der Waals surface area (Å²) in [7, 11) is 0. The predicted octanol–water partition coefficient (Wildman–Crippen LogP) is -0.0623. The van der Waals surface area contributed by atoms with E-state index in [9.17, 15) is 4.79 Å². The van der Waals surface area contributed by atoms with E-state index in [1.807, 2.05) is 0 Å². The number of hydrogen-bond acceptors (Lipinski definition) is 4. The van der Waals surface area contributed by atoms with E-state index >= 15 is 0 Å². The highest BCUT2D eigenvalue weighted by molar-refractivity contribution is 5.84. The van der Waals surface area contributed by atoms with Crippen LogP contribution in [0.3, 0.4) is 0 Å². The van der Waals surface area contributed by atoms with Crippen molar-refractivity contribution in [3.63, 3.8) is 0 Å². The molecule has 13 heavy (non-hydrogen) atoms. The number of carboxylic acids is 1. The Morgan fingerprint density at radius 2 is 2.62 bits per heavy atom. The fourth-order valence-corrected chi connectivity index (χ4v) is 1.28. The van der Waals surface area contributed by atoms with Crippen LogP contribution in [0.15, 0.2) is 6.20 Å². The molecule has 1 aromatic rings. The molecule has 0 saturated carbocycles. The van der Waals surface area contributed by atoms with Gasteiger partial charge in [0.1, 0.15) is 0 Å². The van der Waals surface area contributed by atoms with Crippen molar-refractivity contribution in [2.75, 3.05) is 13.2 Å². The quantitative estimate of drug-likeness (QED) is 0.694. The average molecular weight is 183 g/mol. The standard InChI is InChI=1S/C7H9N3O3/c11-7(12)6-3-10(9-8-6)5-1-2-13-4-5/h3,5H,1-2,4H2,(H,11,12)/t5-/m1/s1. The lowest BCUT2D eigenvalue weighted by atomic mass is 10.3. The molecule has 1 N–H and O–H groups in total. The zero-order chi connectivity index (χ0) is 9.26. The van der Waals surface area contributed by atoms with Crippen LogP contribution in [0.2, 0.25) is 0 Å². The summed E-state index contributed by atoms with van der Waals surface area (Å²) in [6.07, 6.45) is 2.30. The summed E-state index contributed by atoms with van der Waals surface area (Å²) >= 11 is 0. The number of nitrogens with zero attached hydrogens (tertiary/aromatic N) is 3. The van der Waals surface area contributed by atoms with E-state index in [0.29, 0.717) is 13.2 Å². The van der Waals surface area contributed by atoms with Gasteiger partial charge in [-0.15, -0.1) is 5.10 Å².